The minimum Gasteiger partial charge on any atom is -0.394 e. The topological polar surface area (TPSA) is 139 Å². The average molecular weight is 386 g/mol. The molecule has 1 rings (SSSR count). The summed E-state index contributed by atoms with van der Waals surface area (Å²) in [7, 11) is 0. The molecule has 1 heterocycles. The predicted molar refractivity (Wildman–Crippen MR) is 107 cm³/mol. The van der Waals surface area contributed by atoms with Gasteiger partial charge < -0.3 is 36.3 Å². The van der Waals surface area contributed by atoms with Gasteiger partial charge in [0.2, 0.25) is 17.8 Å². The summed E-state index contributed by atoms with van der Waals surface area (Å²) in [5.74, 6) is 1.40. The van der Waals surface area contributed by atoms with Gasteiger partial charge in [-0.1, -0.05) is 20.3 Å². The fourth-order valence-electron chi connectivity index (χ4n) is 2.08. The Kier molecular flexibility index (Phi) is 13.2. The second-order valence-electron chi connectivity index (χ2n) is 5.96. The number of rotatable bonds is 17. The molecule has 27 heavy (non-hydrogen) atoms. The van der Waals surface area contributed by atoms with Gasteiger partial charge in [-0.05, 0) is 12.8 Å². The first-order valence-electron chi connectivity index (χ1n) is 9.70. The lowest BCUT2D eigenvalue weighted by Gasteiger charge is -2.16. The Morgan fingerprint density at radius 3 is 2.15 bits per heavy atom. The second-order valence-corrected chi connectivity index (χ2v) is 5.96. The summed E-state index contributed by atoms with van der Waals surface area (Å²) < 4.78 is 10.7. The van der Waals surface area contributed by atoms with Crippen LogP contribution in [-0.4, -0.2) is 78.8 Å². The molecule has 156 valence electrons. The van der Waals surface area contributed by atoms with E-state index < -0.39 is 0 Å². The molecule has 0 aliphatic rings. The van der Waals surface area contributed by atoms with Gasteiger partial charge in [-0.2, -0.15) is 15.0 Å². The van der Waals surface area contributed by atoms with E-state index in [0.717, 1.165) is 25.8 Å². The lowest BCUT2D eigenvalue weighted by molar-refractivity contribution is 0.0547. The van der Waals surface area contributed by atoms with Crippen molar-refractivity contribution in [3.8, 4) is 0 Å². The number of hydrogen-bond donors (Lipinski definition) is 5. The number of hydrogen-bond acceptors (Lipinski definition) is 10. The van der Waals surface area contributed by atoms with Gasteiger partial charge in [-0.25, -0.2) is 0 Å². The van der Waals surface area contributed by atoms with Crippen molar-refractivity contribution in [2.75, 3.05) is 68.6 Å². The van der Waals surface area contributed by atoms with Crippen LogP contribution in [0.25, 0.3) is 0 Å². The first kappa shape index (κ1) is 23.3. The summed E-state index contributed by atoms with van der Waals surface area (Å²) in [5, 5.41) is 18.8. The highest BCUT2D eigenvalue weighted by molar-refractivity contribution is 5.42. The molecule has 0 aromatic carbocycles. The van der Waals surface area contributed by atoms with Gasteiger partial charge in [-0.15, -0.1) is 0 Å². The first-order chi connectivity index (χ1) is 13.2. The van der Waals surface area contributed by atoms with E-state index in [4.69, 9.17) is 15.2 Å². The predicted octanol–water partition coefficient (Wildman–Crippen LogP) is 0.670. The van der Waals surface area contributed by atoms with Gasteiger partial charge in [0.05, 0.1) is 39.1 Å². The zero-order chi connectivity index (χ0) is 19.7. The van der Waals surface area contributed by atoms with Crippen LogP contribution in [0.1, 0.15) is 33.1 Å². The fourth-order valence-corrected chi connectivity index (χ4v) is 2.08. The SMILES string of the molecule is CCCCNc1nc(NCCOCCOCCN)nc(N[C@H](CC)CO)n1. The number of aromatic nitrogens is 3. The minimum absolute atomic E-state index is 0.0175. The summed E-state index contributed by atoms with van der Waals surface area (Å²) in [6.07, 6.45) is 2.89. The van der Waals surface area contributed by atoms with Gasteiger partial charge in [0.1, 0.15) is 0 Å². The maximum absolute atomic E-state index is 9.38. The Morgan fingerprint density at radius 2 is 1.56 bits per heavy atom. The zero-order valence-corrected chi connectivity index (χ0v) is 16.5. The third kappa shape index (κ3) is 10.9. The van der Waals surface area contributed by atoms with Gasteiger partial charge in [-0.3, -0.25) is 0 Å². The number of nitrogens with two attached hydrogens (primary N) is 1. The summed E-state index contributed by atoms with van der Waals surface area (Å²) in [5.41, 5.74) is 5.35. The molecule has 6 N–H and O–H groups in total. The molecule has 10 nitrogen and oxygen atoms in total. The van der Waals surface area contributed by atoms with Crippen LogP contribution in [0.5, 0.6) is 0 Å². The van der Waals surface area contributed by atoms with Crippen molar-refractivity contribution in [2.45, 2.75) is 39.2 Å². The molecule has 0 bridgehead atoms. The largest absolute Gasteiger partial charge is 0.394 e. The highest BCUT2D eigenvalue weighted by atomic mass is 16.5. The number of nitrogens with one attached hydrogen (secondary N) is 3. The molecule has 0 saturated carbocycles. The Hall–Kier alpha value is -1.75. The zero-order valence-electron chi connectivity index (χ0n) is 16.5. The Bertz CT molecular complexity index is 490. The third-order valence-electron chi connectivity index (χ3n) is 3.66. The summed E-state index contributed by atoms with van der Waals surface area (Å²) in [6.45, 7) is 8.10. The van der Waals surface area contributed by atoms with E-state index in [0.29, 0.717) is 57.4 Å². The van der Waals surface area contributed by atoms with Crippen molar-refractivity contribution >= 4 is 17.8 Å². The molecule has 0 spiro atoms. The second kappa shape index (κ2) is 15.3. The molecule has 1 aromatic rings. The number of anilines is 3. The summed E-state index contributed by atoms with van der Waals surface area (Å²) in [4.78, 5) is 13.1. The minimum atomic E-state index is -0.0967. The van der Waals surface area contributed by atoms with E-state index in [1.54, 1.807) is 0 Å². The van der Waals surface area contributed by atoms with Crippen molar-refractivity contribution in [3.63, 3.8) is 0 Å². The van der Waals surface area contributed by atoms with Crippen molar-refractivity contribution < 1.29 is 14.6 Å². The molecule has 0 amide bonds. The quantitative estimate of drug-likeness (QED) is 0.243. The van der Waals surface area contributed by atoms with Gasteiger partial charge in [0.25, 0.3) is 0 Å². The molecule has 0 unspecified atom stereocenters. The summed E-state index contributed by atoms with van der Waals surface area (Å²) >= 11 is 0. The first-order valence-corrected chi connectivity index (χ1v) is 9.70. The van der Waals surface area contributed by atoms with Gasteiger partial charge >= 0.3 is 0 Å². The van der Waals surface area contributed by atoms with Crippen LogP contribution in [0.4, 0.5) is 17.8 Å². The summed E-state index contributed by atoms with van der Waals surface area (Å²) in [6, 6.07) is -0.0967. The van der Waals surface area contributed by atoms with E-state index in [1.807, 2.05) is 6.92 Å². The molecule has 10 heteroatoms. The van der Waals surface area contributed by atoms with Crippen molar-refractivity contribution in [1.82, 2.24) is 15.0 Å². The van der Waals surface area contributed by atoms with Crippen LogP contribution in [0.3, 0.4) is 0 Å². The molecule has 0 radical (unpaired) electrons. The Labute approximate surface area is 161 Å². The standard InChI is InChI=1S/C17H35N7O3/c1-3-5-7-19-15-22-16(20-8-10-27-12-11-26-9-6-18)24-17(23-15)21-14(4-2)13-25/h14,25H,3-13,18H2,1-2H3,(H3,19,20,21,22,23,24)/t14-/m1/s1. The van der Waals surface area contributed by atoms with E-state index in [1.165, 1.54) is 0 Å². The number of aliphatic hydroxyl groups is 1. The molecule has 0 aliphatic heterocycles. The number of unbranched alkanes of at least 4 members (excludes halogenated alkanes) is 1. The van der Waals surface area contributed by atoms with E-state index in [2.05, 4.69) is 37.8 Å². The molecule has 0 saturated heterocycles. The lowest BCUT2D eigenvalue weighted by Crippen LogP contribution is -2.25. The number of aliphatic hydroxyl groups excluding tert-OH is 1. The van der Waals surface area contributed by atoms with E-state index in [9.17, 15) is 5.11 Å². The van der Waals surface area contributed by atoms with Crippen LogP contribution < -0.4 is 21.7 Å². The van der Waals surface area contributed by atoms with Crippen molar-refractivity contribution in [1.29, 1.82) is 0 Å². The van der Waals surface area contributed by atoms with Crippen molar-refractivity contribution in [2.24, 2.45) is 5.73 Å². The average Bonchev–Trinajstić information content (AvgIpc) is 2.68. The van der Waals surface area contributed by atoms with Crippen molar-refractivity contribution in [3.05, 3.63) is 0 Å². The monoisotopic (exact) mass is 385 g/mol. The van der Waals surface area contributed by atoms with E-state index in [-0.39, 0.29) is 12.6 Å². The molecule has 1 atom stereocenters. The maximum Gasteiger partial charge on any atom is 0.229 e. The van der Waals surface area contributed by atoms with Crippen LogP contribution in [-0.2, 0) is 9.47 Å². The van der Waals surface area contributed by atoms with Crippen LogP contribution >= 0.6 is 0 Å². The third-order valence-corrected chi connectivity index (χ3v) is 3.66. The van der Waals surface area contributed by atoms with Crippen LogP contribution in [0.15, 0.2) is 0 Å². The molecule has 0 fully saturated rings. The lowest BCUT2D eigenvalue weighted by atomic mass is 10.2. The molecular weight excluding hydrogens is 350 g/mol. The molecule has 1 aromatic heterocycles. The van der Waals surface area contributed by atoms with Gasteiger partial charge in [0.15, 0.2) is 0 Å². The molecular formula is C17H35N7O3. The highest BCUT2D eigenvalue weighted by Crippen LogP contribution is 2.11. The van der Waals surface area contributed by atoms with Crippen LogP contribution in [0, 0.1) is 0 Å². The normalized spacial score (nSPS) is 12.0. The maximum atomic E-state index is 9.38. The van der Waals surface area contributed by atoms with E-state index >= 15 is 0 Å². The highest BCUT2D eigenvalue weighted by Gasteiger charge is 2.10. The Morgan fingerprint density at radius 1 is 0.926 bits per heavy atom. The fraction of sp³-hybridized carbons (Fsp3) is 0.824. The van der Waals surface area contributed by atoms with Crippen LogP contribution in [0.2, 0.25) is 0 Å². The smallest absolute Gasteiger partial charge is 0.229 e. The van der Waals surface area contributed by atoms with Gasteiger partial charge in [0, 0.05) is 19.6 Å². The number of ether oxygens (including phenoxy) is 2. The Balaban J connectivity index is 2.52. The number of nitrogens with zero attached hydrogens (tertiary/aromatic N) is 3. The molecule has 0 aliphatic carbocycles.